The summed E-state index contributed by atoms with van der Waals surface area (Å²) in [7, 11) is 0. The van der Waals surface area contributed by atoms with Gasteiger partial charge in [-0.3, -0.25) is 4.98 Å². The quantitative estimate of drug-likeness (QED) is 0.798. The zero-order valence-corrected chi connectivity index (χ0v) is 12.8. The molecule has 0 N–H and O–H groups in total. The van der Waals surface area contributed by atoms with E-state index in [9.17, 15) is 0 Å². The van der Waals surface area contributed by atoms with Gasteiger partial charge in [0.2, 0.25) is 0 Å². The van der Waals surface area contributed by atoms with Crippen LogP contribution >= 0.6 is 0 Å². The molecule has 21 heavy (non-hydrogen) atoms. The van der Waals surface area contributed by atoms with Crippen LogP contribution in [0.15, 0.2) is 42.6 Å². The molecule has 1 fully saturated rings. The lowest BCUT2D eigenvalue weighted by Crippen LogP contribution is -2.50. The molecule has 1 aromatic heterocycles. The van der Waals surface area contributed by atoms with Gasteiger partial charge >= 0.3 is 0 Å². The van der Waals surface area contributed by atoms with Gasteiger partial charge in [0.1, 0.15) is 5.72 Å². The van der Waals surface area contributed by atoms with Crippen molar-refractivity contribution in [2.75, 3.05) is 18.1 Å². The highest BCUT2D eigenvalue weighted by atomic mass is 16.5. The predicted molar refractivity (Wildman–Crippen MR) is 84.4 cm³/mol. The number of aromatic nitrogens is 1. The zero-order chi connectivity index (χ0) is 14.7. The average molecular weight is 280 g/mol. The first-order valence-electron chi connectivity index (χ1n) is 7.51. The Morgan fingerprint density at radius 1 is 1.14 bits per heavy atom. The minimum atomic E-state index is -0.238. The van der Waals surface area contributed by atoms with Crippen molar-refractivity contribution in [1.82, 2.24) is 4.98 Å². The molecule has 3 heterocycles. The van der Waals surface area contributed by atoms with E-state index in [4.69, 9.17) is 4.74 Å². The van der Waals surface area contributed by atoms with Gasteiger partial charge in [-0.05, 0) is 36.8 Å². The molecular formula is C18H20N2O. The van der Waals surface area contributed by atoms with Crippen molar-refractivity contribution >= 4 is 5.69 Å². The molecule has 0 amide bonds. The van der Waals surface area contributed by atoms with Gasteiger partial charge in [0.15, 0.2) is 0 Å². The Hall–Kier alpha value is -1.87. The van der Waals surface area contributed by atoms with Crippen molar-refractivity contribution in [3.8, 4) is 11.3 Å². The van der Waals surface area contributed by atoms with Crippen LogP contribution in [0.3, 0.4) is 0 Å². The molecule has 1 unspecified atom stereocenters. The number of fused-ring (bicyclic) bond motifs is 3. The first-order chi connectivity index (χ1) is 10.0. The maximum Gasteiger partial charge on any atom is 0.147 e. The number of benzene rings is 1. The topological polar surface area (TPSA) is 25.4 Å². The Morgan fingerprint density at radius 2 is 2.00 bits per heavy atom. The monoisotopic (exact) mass is 280 g/mol. The van der Waals surface area contributed by atoms with Crippen molar-refractivity contribution < 1.29 is 4.74 Å². The third kappa shape index (κ3) is 1.55. The summed E-state index contributed by atoms with van der Waals surface area (Å²) in [5.74, 6) is 0. The van der Waals surface area contributed by atoms with Gasteiger partial charge in [0, 0.05) is 29.4 Å². The fraction of sp³-hybridized carbons (Fsp3) is 0.389. The molecule has 3 heteroatoms. The minimum absolute atomic E-state index is 0.0381. The third-order valence-electron chi connectivity index (χ3n) is 5.29. The molecule has 2 aliphatic rings. The van der Waals surface area contributed by atoms with E-state index >= 15 is 0 Å². The van der Waals surface area contributed by atoms with E-state index in [0.717, 1.165) is 18.8 Å². The van der Waals surface area contributed by atoms with Gasteiger partial charge in [-0.25, -0.2) is 0 Å². The second-order valence-electron chi connectivity index (χ2n) is 6.55. The van der Waals surface area contributed by atoms with Gasteiger partial charge in [-0.2, -0.15) is 0 Å². The number of pyridine rings is 1. The van der Waals surface area contributed by atoms with Crippen LogP contribution < -0.4 is 4.90 Å². The minimum Gasteiger partial charge on any atom is -0.353 e. The molecule has 0 bridgehead atoms. The molecule has 108 valence electrons. The summed E-state index contributed by atoms with van der Waals surface area (Å²) < 4.78 is 6.12. The van der Waals surface area contributed by atoms with Gasteiger partial charge in [-0.1, -0.05) is 26.0 Å². The van der Waals surface area contributed by atoms with Gasteiger partial charge in [0.05, 0.1) is 12.3 Å². The highest BCUT2D eigenvalue weighted by molar-refractivity contribution is 5.72. The molecule has 0 saturated carbocycles. The molecule has 1 saturated heterocycles. The number of nitrogens with zero attached hydrogens (tertiary/aromatic N) is 2. The van der Waals surface area contributed by atoms with E-state index in [1.807, 2.05) is 18.3 Å². The van der Waals surface area contributed by atoms with E-state index in [1.165, 1.54) is 16.8 Å². The van der Waals surface area contributed by atoms with E-state index in [0.29, 0.717) is 0 Å². The standard InChI is InChI=1S/C18H20N2O/c1-17(2)14-12-13(15-6-4-5-9-19-15)7-8-16(14)20-10-11-21-18(17,20)3/h4-9,12H,10-11H2,1-3H3. The van der Waals surface area contributed by atoms with Crippen LogP contribution in [0, 0.1) is 0 Å². The predicted octanol–water partition coefficient (Wildman–Crippen LogP) is 3.59. The van der Waals surface area contributed by atoms with Crippen molar-refractivity contribution in [1.29, 1.82) is 0 Å². The highest BCUT2D eigenvalue weighted by Crippen LogP contribution is 2.54. The van der Waals surface area contributed by atoms with Crippen molar-refractivity contribution in [2.45, 2.75) is 31.9 Å². The van der Waals surface area contributed by atoms with E-state index in [-0.39, 0.29) is 11.1 Å². The first kappa shape index (κ1) is 12.8. The molecule has 0 spiro atoms. The van der Waals surface area contributed by atoms with Crippen LogP contribution in [0.5, 0.6) is 0 Å². The Labute approximate surface area is 125 Å². The summed E-state index contributed by atoms with van der Waals surface area (Å²) in [5, 5.41) is 0. The maximum atomic E-state index is 6.12. The number of hydrogen-bond acceptors (Lipinski definition) is 3. The van der Waals surface area contributed by atoms with Crippen LogP contribution in [-0.2, 0) is 10.2 Å². The lowest BCUT2D eigenvalue weighted by Gasteiger charge is -2.38. The Balaban J connectivity index is 1.88. The van der Waals surface area contributed by atoms with E-state index < -0.39 is 0 Å². The second kappa shape index (κ2) is 4.08. The summed E-state index contributed by atoms with van der Waals surface area (Å²) >= 11 is 0. The Bertz CT molecular complexity index is 696. The summed E-state index contributed by atoms with van der Waals surface area (Å²) in [5.41, 5.74) is 4.58. The summed E-state index contributed by atoms with van der Waals surface area (Å²) in [6, 6.07) is 12.7. The summed E-state index contributed by atoms with van der Waals surface area (Å²) in [6.07, 6.45) is 1.84. The Kier molecular flexibility index (Phi) is 2.49. The third-order valence-corrected chi connectivity index (χ3v) is 5.29. The fourth-order valence-electron chi connectivity index (χ4n) is 3.71. The lowest BCUT2D eigenvalue weighted by atomic mass is 9.78. The molecule has 0 aliphatic carbocycles. The summed E-state index contributed by atoms with van der Waals surface area (Å²) in [4.78, 5) is 6.87. The Morgan fingerprint density at radius 3 is 2.76 bits per heavy atom. The lowest BCUT2D eigenvalue weighted by molar-refractivity contribution is -0.0250. The molecule has 1 atom stereocenters. The van der Waals surface area contributed by atoms with Crippen LogP contribution in [0.25, 0.3) is 11.3 Å². The number of hydrogen-bond donors (Lipinski definition) is 0. The van der Waals surface area contributed by atoms with Crippen LogP contribution in [-0.4, -0.2) is 23.9 Å². The van der Waals surface area contributed by atoms with Gasteiger partial charge in [-0.15, -0.1) is 0 Å². The first-order valence-corrected chi connectivity index (χ1v) is 7.51. The number of rotatable bonds is 1. The number of anilines is 1. The second-order valence-corrected chi connectivity index (χ2v) is 6.55. The maximum absolute atomic E-state index is 6.12. The molecule has 4 rings (SSSR count). The molecule has 0 radical (unpaired) electrons. The molecule has 2 aliphatic heterocycles. The average Bonchev–Trinajstić information content (AvgIpc) is 2.97. The molecule has 3 nitrogen and oxygen atoms in total. The molecule has 2 aromatic rings. The summed E-state index contributed by atoms with van der Waals surface area (Å²) in [6.45, 7) is 8.54. The van der Waals surface area contributed by atoms with Gasteiger partial charge in [0.25, 0.3) is 0 Å². The van der Waals surface area contributed by atoms with Gasteiger partial charge < -0.3 is 9.64 Å². The SMILES string of the molecule is CC1(C)c2cc(-c3ccccn3)ccc2N2CCOC21C. The van der Waals surface area contributed by atoms with Crippen LogP contribution in [0.4, 0.5) is 5.69 Å². The zero-order valence-electron chi connectivity index (χ0n) is 12.8. The molecule has 1 aromatic carbocycles. The molecular weight excluding hydrogens is 260 g/mol. The van der Waals surface area contributed by atoms with Crippen LogP contribution in [0.1, 0.15) is 26.3 Å². The number of ether oxygens (including phenoxy) is 1. The van der Waals surface area contributed by atoms with E-state index in [2.05, 4.69) is 54.9 Å². The normalized spacial score (nSPS) is 25.8. The van der Waals surface area contributed by atoms with Crippen molar-refractivity contribution in [3.05, 3.63) is 48.2 Å². The van der Waals surface area contributed by atoms with Crippen molar-refractivity contribution in [2.24, 2.45) is 0 Å². The smallest absolute Gasteiger partial charge is 0.147 e. The highest BCUT2D eigenvalue weighted by Gasteiger charge is 2.57. The van der Waals surface area contributed by atoms with Crippen LogP contribution in [0.2, 0.25) is 0 Å². The largest absolute Gasteiger partial charge is 0.353 e. The van der Waals surface area contributed by atoms with Crippen molar-refractivity contribution in [3.63, 3.8) is 0 Å². The fourth-order valence-corrected chi connectivity index (χ4v) is 3.71. The van der Waals surface area contributed by atoms with E-state index in [1.54, 1.807) is 0 Å².